The van der Waals surface area contributed by atoms with Crippen molar-refractivity contribution in [3.8, 4) is 16.9 Å². The predicted octanol–water partition coefficient (Wildman–Crippen LogP) is 12.9. The van der Waals surface area contributed by atoms with Crippen molar-refractivity contribution in [3.63, 3.8) is 0 Å². The van der Waals surface area contributed by atoms with E-state index in [1.54, 1.807) is 0 Å². The summed E-state index contributed by atoms with van der Waals surface area (Å²) in [5, 5.41) is 22.6. The van der Waals surface area contributed by atoms with E-state index < -0.39 is 0 Å². The molecule has 0 fully saturated rings. The van der Waals surface area contributed by atoms with Gasteiger partial charge in [-0.05, 0) is 70.8 Å². The van der Waals surface area contributed by atoms with Crippen LogP contribution in [-0.4, -0.2) is 11.7 Å². The summed E-state index contributed by atoms with van der Waals surface area (Å²) >= 11 is 0. The Morgan fingerprint density at radius 3 is 1.62 bits per heavy atom. The molecule has 0 bridgehead atoms. The minimum absolute atomic E-state index is 0.0431. The summed E-state index contributed by atoms with van der Waals surface area (Å²) in [5.74, 6) is 0.265. The van der Waals surface area contributed by atoms with Crippen molar-refractivity contribution in [1.29, 1.82) is 0 Å². The van der Waals surface area contributed by atoms with Crippen molar-refractivity contribution in [2.45, 2.75) is 117 Å². The van der Waals surface area contributed by atoms with Gasteiger partial charge < -0.3 is 5.11 Å². The van der Waals surface area contributed by atoms with Crippen LogP contribution < -0.4 is 10.8 Å². The van der Waals surface area contributed by atoms with Crippen LogP contribution in [-0.2, 0) is 0 Å². The molecule has 0 aliphatic heterocycles. The number of hydrogen-bond donors (Lipinski definition) is 1. The molecule has 0 atom stereocenters. The molecule has 3 heteroatoms. The standard InChI is InChI=1S/C47H53NO2/c1-4-5-6-7-8-9-10-11-12-13-14-15-16-17-20-27-48-40-30-39-43-41(35-25-23-31(2)28-37(35)46(39)49)33-21-18-19-22-34(33)42-36-26-24-32(3)29-38(36)47(50)44(40)45(42)43/h18-19,21-26,28-30,50H,4-17,20,27H2,1-3H3. The first-order valence-electron chi connectivity index (χ1n) is 19.6. The summed E-state index contributed by atoms with van der Waals surface area (Å²) in [5.41, 5.74) is 3.86. The molecule has 3 nitrogen and oxygen atoms in total. The molecule has 50 heavy (non-hydrogen) atoms. The molecule has 258 valence electrons. The van der Waals surface area contributed by atoms with Gasteiger partial charge in [0.15, 0.2) is 5.43 Å². The normalized spacial score (nSPS) is 12.7. The van der Waals surface area contributed by atoms with E-state index in [0.29, 0.717) is 12.1 Å². The van der Waals surface area contributed by atoms with Crippen LogP contribution in [0.25, 0.3) is 65.0 Å². The summed E-state index contributed by atoms with van der Waals surface area (Å²) in [6.45, 7) is 7.09. The highest BCUT2D eigenvalue weighted by atomic mass is 16.3. The highest BCUT2D eigenvalue weighted by molar-refractivity contribution is 6.38. The topological polar surface area (TPSA) is 49.7 Å². The van der Waals surface area contributed by atoms with Gasteiger partial charge >= 0.3 is 0 Å². The van der Waals surface area contributed by atoms with E-state index in [-0.39, 0.29) is 11.2 Å². The molecule has 0 spiro atoms. The second-order valence-electron chi connectivity index (χ2n) is 15.0. The average molecular weight is 664 g/mol. The van der Waals surface area contributed by atoms with Crippen LogP contribution in [0.1, 0.15) is 114 Å². The highest BCUT2D eigenvalue weighted by Gasteiger charge is 2.27. The van der Waals surface area contributed by atoms with Gasteiger partial charge in [-0.15, -0.1) is 0 Å². The Hall–Kier alpha value is -4.24. The minimum atomic E-state index is 0.0431. The van der Waals surface area contributed by atoms with Crippen molar-refractivity contribution in [3.05, 3.63) is 93.4 Å². The van der Waals surface area contributed by atoms with Crippen LogP contribution in [0, 0.1) is 13.8 Å². The van der Waals surface area contributed by atoms with Crippen LogP contribution in [0.2, 0.25) is 0 Å². The van der Waals surface area contributed by atoms with E-state index in [2.05, 4.69) is 68.4 Å². The lowest BCUT2D eigenvalue weighted by Gasteiger charge is -2.22. The van der Waals surface area contributed by atoms with E-state index >= 15 is 0 Å². The van der Waals surface area contributed by atoms with Crippen molar-refractivity contribution in [2.24, 2.45) is 4.99 Å². The molecule has 0 heterocycles. The monoisotopic (exact) mass is 663 g/mol. The maximum absolute atomic E-state index is 14.3. The second-order valence-corrected chi connectivity index (χ2v) is 15.0. The first-order valence-corrected chi connectivity index (χ1v) is 19.6. The quantitative estimate of drug-likeness (QED) is 0.0635. The lowest BCUT2D eigenvalue weighted by Crippen LogP contribution is -2.15. The summed E-state index contributed by atoms with van der Waals surface area (Å²) in [6.07, 6.45) is 19.9. The van der Waals surface area contributed by atoms with Crippen LogP contribution in [0.5, 0.6) is 5.75 Å². The molecule has 7 rings (SSSR count). The van der Waals surface area contributed by atoms with E-state index in [1.807, 2.05) is 19.1 Å². The van der Waals surface area contributed by atoms with Gasteiger partial charge in [0.25, 0.3) is 0 Å². The van der Waals surface area contributed by atoms with Crippen LogP contribution >= 0.6 is 0 Å². The lowest BCUT2D eigenvalue weighted by atomic mass is 9.80. The Morgan fingerprint density at radius 1 is 0.520 bits per heavy atom. The summed E-state index contributed by atoms with van der Waals surface area (Å²) in [4.78, 5) is 19.5. The molecule has 0 amide bonds. The second kappa shape index (κ2) is 15.3. The molecule has 0 aromatic heterocycles. The van der Waals surface area contributed by atoms with Crippen molar-refractivity contribution < 1.29 is 5.11 Å². The number of unbranched alkanes of at least 4 members (excludes halogenated alkanes) is 14. The summed E-state index contributed by atoms with van der Waals surface area (Å²) < 4.78 is 0. The van der Waals surface area contributed by atoms with Gasteiger partial charge in [0.1, 0.15) is 5.75 Å². The average Bonchev–Trinajstić information content (AvgIpc) is 3.12. The molecule has 5 aromatic carbocycles. The number of phenolic OH excluding ortho intramolecular Hbond substituents is 1. The Kier molecular flexibility index (Phi) is 10.5. The van der Waals surface area contributed by atoms with Gasteiger partial charge in [0.2, 0.25) is 0 Å². The fourth-order valence-electron chi connectivity index (χ4n) is 8.57. The van der Waals surface area contributed by atoms with E-state index in [4.69, 9.17) is 4.99 Å². The SMILES string of the molecule is CCCCCCCCCCCCCCCCCN=c1cc2c(=O)c3cc(C)ccc3c3c-2c2c1c(O)c1cc(C)ccc1c2c1ccccc13. The Bertz CT molecular complexity index is 2350. The molecular formula is C47H53NO2. The zero-order valence-corrected chi connectivity index (χ0v) is 30.5. The summed E-state index contributed by atoms with van der Waals surface area (Å²) in [6, 6.07) is 23.1. The van der Waals surface area contributed by atoms with Crippen LogP contribution in [0.15, 0.2) is 76.5 Å². The molecular weight excluding hydrogens is 611 g/mol. The maximum Gasteiger partial charge on any atom is 0.194 e. The molecule has 0 saturated heterocycles. The van der Waals surface area contributed by atoms with Gasteiger partial charge in [-0.3, -0.25) is 9.79 Å². The zero-order valence-electron chi connectivity index (χ0n) is 30.5. The Balaban J connectivity index is 1.18. The number of aromatic hydroxyl groups is 1. The third-order valence-corrected chi connectivity index (χ3v) is 11.2. The fraction of sp³-hybridized carbons (Fsp3) is 0.404. The van der Waals surface area contributed by atoms with E-state index in [1.165, 1.54) is 83.5 Å². The molecule has 0 radical (unpaired) electrons. The fourth-order valence-corrected chi connectivity index (χ4v) is 8.57. The highest BCUT2D eigenvalue weighted by Crippen LogP contribution is 2.49. The van der Waals surface area contributed by atoms with E-state index in [9.17, 15) is 9.90 Å². The summed E-state index contributed by atoms with van der Waals surface area (Å²) in [7, 11) is 0. The van der Waals surface area contributed by atoms with E-state index in [0.717, 1.165) is 88.8 Å². The number of rotatable bonds is 16. The third-order valence-electron chi connectivity index (χ3n) is 11.2. The molecule has 2 aliphatic carbocycles. The molecule has 1 N–H and O–H groups in total. The lowest BCUT2D eigenvalue weighted by molar-refractivity contribution is 0.487. The maximum atomic E-state index is 14.3. The molecule has 0 saturated carbocycles. The third kappa shape index (κ3) is 6.52. The van der Waals surface area contributed by atoms with Crippen molar-refractivity contribution in [1.82, 2.24) is 0 Å². The number of aryl methyl sites for hydroxylation is 2. The number of hydrogen-bond acceptors (Lipinski definition) is 3. The zero-order chi connectivity index (χ0) is 34.6. The smallest absolute Gasteiger partial charge is 0.194 e. The number of nitrogens with zero attached hydrogens (tertiary/aromatic N) is 1. The van der Waals surface area contributed by atoms with Crippen LogP contribution in [0.4, 0.5) is 0 Å². The van der Waals surface area contributed by atoms with Gasteiger partial charge in [-0.2, -0.15) is 0 Å². The number of benzene rings is 7. The first kappa shape index (κ1) is 34.2. The molecule has 5 aromatic rings. The van der Waals surface area contributed by atoms with Crippen molar-refractivity contribution >= 4 is 53.9 Å². The van der Waals surface area contributed by atoms with Gasteiger partial charge in [-0.1, -0.05) is 156 Å². The van der Waals surface area contributed by atoms with Gasteiger partial charge in [0, 0.05) is 33.8 Å². The van der Waals surface area contributed by atoms with Gasteiger partial charge in [0.05, 0.1) is 10.7 Å². The molecule has 0 unspecified atom stereocenters. The number of phenols is 1. The number of fused-ring (bicyclic) bond motifs is 7. The minimum Gasteiger partial charge on any atom is -0.507 e. The first-order chi connectivity index (χ1) is 24.5. The predicted molar refractivity (Wildman–Crippen MR) is 216 cm³/mol. The Labute approximate surface area is 297 Å². The van der Waals surface area contributed by atoms with Crippen LogP contribution in [0.3, 0.4) is 0 Å². The molecule has 2 aliphatic rings. The Morgan fingerprint density at radius 2 is 1.02 bits per heavy atom. The largest absolute Gasteiger partial charge is 0.507 e. The van der Waals surface area contributed by atoms with Crippen molar-refractivity contribution in [2.75, 3.05) is 6.54 Å². The van der Waals surface area contributed by atoms with Gasteiger partial charge in [-0.25, -0.2) is 0 Å².